The summed E-state index contributed by atoms with van der Waals surface area (Å²) in [4.78, 5) is 11.1. The smallest absolute Gasteiger partial charge is 0.376 e. The number of esters is 1. The topological polar surface area (TPSA) is 46.5 Å². The van der Waals surface area contributed by atoms with Crippen molar-refractivity contribution in [3.8, 4) is 0 Å². The Morgan fingerprint density at radius 2 is 2.17 bits per heavy atom. The van der Waals surface area contributed by atoms with Crippen LogP contribution in [-0.2, 0) is 9.53 Å². The number of rotatable bonds is 3. The third-order valence-corrected chi connectivity index (χ3v) is 5.96. The third-order valence-electron chi connectivity index (χ3n) is 5.96. The molecule has 0 bridgehead atoms. The number of hydrogen-bond donors (Lipinski definition) is 1. The molecule has 100 valence electrons. The molecule has 0 heterocycles. The summed E-state index contributed by atoms with van der Waals surface area (Å²) >= 11 is 0. The van der Waals surface area contributed by atoms with E-state index in [4.69, 9.17) is 4.74 Å². The summed E-state index contributed by atoms with van der Waals surface area (Å²) in [6.07, 6.45) is 3.49. The Morgan fingerprint density at radius 3 is 2.72 bits per heavy atom. The molecule has 5 unspecified atom stereocenters. The van der Waals surface area contributed by atoms with E-state index in [1.807, 2.05) is 0 Å². The molecule has 0 aromatic carbocycles. The van der Waals surface area contributed by atoms with Gasteiger partial charge in [0.1, 0.15) is 0 Å². The molecule has 1 N–H and O–H groups in total. The first-order chi connectivity index (χ1) is 8.23. The quantitative estimate of drug-likeness (QED) is 0.784. The van der Waals surface area contributed by atoms with E-state index >= 15 is 0 Å². The number of alkyl halides is 2. The van der Waals surface area contributed by atoms with Crippen molar-refractivity contribution < 1.29 is 23.4 Å². The fraction of sp³-hybridized carbons (Fsp3) is 0.923. The molecule has 18 heavy (non-hydrogen) atoms. The van der Waals surface area contributed by atoms with Crippen LogP contribution in [0, 0.1) is 22.7 Å². The zero-order valence-corrected chi connectivity index (χ0v) is 10.2. The van der Waals surface area contributed by atoms with Crippen molar-refractivity contribution in [2.45, 2.75) is 44.1 Å². The summed E-state index contributed by atoms with van der Waals surface area (Å²) in [7, 11) is 0. The Morgan fingerprint density at radius 1 is 1.44 bits per heavy atom. The Labute approximate surface area is 103 Å². The lowest BCUT2D eigenvalue weighted by Gasteiger charge is -2.63. The largest absolute Gasteiger partial charge is 0.461 e. The van der Waals surface area contributed by atoms with Crippen molar-refractivity contribution >= 4 is 5.97 Å². The van der Waals surface area contributed by atoms with E-state index in [1.165, 1.54) is 0 Å². The maximum absolute atomic E-state index is 12.7. The molecule has 0 aromatic rings. The number of aliphatic hydroxyl groups is 1. The van der Waals surface area contributed by atoms with Gasteiger partial charge in [-0.1, -0.05) is 0 Å². The molecule has 4 saturated carbocycles. The number of halogens is 2. The molecule has 4 aliphatic rings. The molecule has 0 aliphatic heterocycles. The Balaban J connectivity index is 1.45. The Bertz CT molecular complexity index is 460. The molecule has 5 atom stereocenters. The van der Waals surface area contributed by atoms with Gasteiger partial charge in [-0.05, 0) is 42.9 Å². The lowest BCUT2D eigenvalue weighted by molar-refractivity contribution is -0.241. The van der Waals surface area contributed by atoms with E-state index in [-0.39, 0.29) is 17.4 Å². The second-order valence-corrected chi connectivity index (χ2v) is 7.00. The average molecular weight is 258 g/mol. The van der Waals surface area contributed by atoms with Crippen LogP contribution in [0.3, 0.4) is 0 Å². The van der Waals surface area contributed by atoms with E-state index in [1.54, 1.807) is 0 Å². The van der Waals surface area contributed by atoms with Gasteiger partial charge in [0.15, 0.2) is 0 Å². The summed E-state index contributed by atoms with van der Waals surface area (Å²) in [6, 6.07) is 0. The van der Waals surface area contributed by atoms with Gasteiger partial charge in [-0.25, -0.2) is 4.79 Å². The standard InChI is InChI=1S/C13H16F2O3/c1-10(14,15)9(16)18-6-11-2-7-3-13(17)5-12(11,4-11)8(7)13/h7-8,17H,2-6H2,1H3. The van der Waals surface area contributed by atoms with Crippen molar-refractivity contribution in [2.24, 2.45) is 22.7 Å². The normalized spacial score (nSPS) is 54.9. The van der Waals surface area contributed by atoms with Crippen LogP contribution in [0.4, 0.5) is 8.78 Å². The van der Waals surface area contributed by atoms with Gasteiger partial charge in [0, 0.05) is 12.3 Å². The summed E-state index contributed by atoms with van der Waals surface area (Å²) in [6.45, 7) is 0.675. The minimum absolute atomic E-state index is 0.0913. The van der Waals surface area contributed by atoms with Gasteiger partial charge < -0.3 is 9.84 Å². The van der Waals surface area contributed by atoms with Gasteiger partial charge in [0.05, 0.1) is 12.2 Å². The van der Waals surface area contributed by atoms with Crippen LogP contribution in [0.2, 0.25) is 0 Å². The SMILES string of the molecule is CC(F)(F)C(=O)OCC12CC3CC4(O)CC1(C2)C34. The van der Waals surface area contributed by atoms with Gasteiger partial charge >= 0.3 is 11.9 Å². The monoisotopic (exact) mass is 258 g/mol. The first-order valence-electron chi connectivity index (χ1n) is 6.50. The molecule has 0 saturated heterocycles. The van der Waals surface area contributed by atoms with Crippen LogP contribution in [0.25, 0.3) is 0 Å². The first kappa shape index (κ1) is 11.1. The molecule has 4 rings (SSSR count). The fourth-order valence-corrected chi connectivity index (χ4v) is 5.45. The minimum Gasteiger partial charge on any atom is -0.461 e. The average Bonchev–Trinajstić information content (AvgIpc) is 2.77. The molecule has 4 aliphatic carbocycles. The van der Waals surface area contributed by atoms with E-state index in [0.717, 1.165) is 25.7 Å². The van der Waals surface area contributed by atoms with Crippen LogP contribution < -0.4 is 0 Å². The number of hydrogen-bond acceptors (Lipinski definition) is 3. The van der Waals surface area contributed by atoms with Gasteiger partial charge in [0.2, 0.25) is 0 Å². The molecular formula is C13H16F2O3. The van der Waals surface area contributed by atoms with Crippen LogP contribution in [0.5, 0.6) is 0 Å². The number of carbonyl (C=O) groups is 1. The Kier molecular flexibility index (Phi) is 1.61. The van der Waals surface area contributed by atoms with Gasteiger partial charge in [-0.15, -0.1) is 0 Å². The maximum atomic E-state index is 12.7. The van der Waals surface area contributed by atoms with Crippen molar-refractivity contribution in [1.82, 2.24) is 0 Å². The van der Waals surface area contributed by atoms with Gasteiger partial charge in [-0.2, -0.15) is 8.78 Å². The second kappa shape index (κ2) is 2.60. The molecule has 1 spiro atoms. The van der Waals surface area contributed by atoms with Gasteiger partial charge in [-0.3, -0.25) is 0 Å². The highest BCUT2D eigenvalue weighted by molar-refractivity contribution is 5.77. The van der Waals surface area contributed by atoms with E-state index in [2.05, 4.69) is 0 Å². The van der Waals surface area contributed by atoms with Crippen molar-refractivity contribution in [2.75, 3.05) is 6.61 Å². The van der Waals surface area contributed by atoms with Crippen molar-refractivity contribution in [3.63, 3.8) is 0 Å². The zero-order chi connectivity index (χ0) is 13.0. The Hall–Kier alpha value is -0.710. The van der Waals surface area contributed by atoms with Crippen molar-refractivity contribution in [1.29, 1.82) is 0 Å². The van der Waals surface area contributed by atoms with E-state index in [0.29, 0.717) is 18.8 Å². The maximum Gasteiger partial charge on any atom is 0.376 e. The third kappa shape index (κ3) is 0.985. The predicted octanol–water partition coefficient (Wildman–Crippen LogP) is 1.74. The van der Waals surface area contributed by atoms with Crippen LogP contribution >= 0.6 is 0 Å². The van der Waals surface area contributed by atoms with Crippen LogP contribution in [0.15, 0.2) is 0 Å². The summed E-state index contributed by atoms with van der Waals surface area (Å²) in [5.74, 6) is -3.95. The highest BCUT2D eigenvalue weighted by Crippen LogP contribution is 2.92. The molecule has 4 fully saturated rings. The van der Waals surface area contributed by atoms with Gasteiger partial charge in [0.25, 0.3) is 0 Å². The lowest BCUT2D eigenvalue weighted by Crippen LogP contribution is -2.65. The summed E-state index contributed by atoms with van der Waals surface area (Å²) in [5.41, 5.74) is -0.443. The summed E-state index contributed by atoms with van der Waals surface area (Å²) < 4.78 is 30.3. The molecule has 3 nitrogen and oxygen atoms in total. The zero-order valence-electron chi connectivity index (χ0n) is 10.2. The predicted molar refractivity (Wildman–Crippen MR) is 56.8 cm³/mol. The highest BCUT2D eigenvalue weighted by atomic mass is 19.3. The molecule has 0 amide bonds. The molecule has 0 aromatic heterocycles. The van der Waals surface area contributed by atoms with E-state index < -0.39 is 17.5 Å². The van der Waals surface area contributed by atoms with E-state index in [9.17, 15) is 18.7 Å². The van der Waals surface area contributed by atoms with Crippen molar-refractivity contribution in [3.05, 3.63) is 0 Å². The number of carbonyl (C=O) groups excluding carboxylic acids is 1. The van der Waals surface area contributed by atoms with Crippen LogP contribution in [-0.4, -0.2) is 29.2 Å². The first-order valence-corrected chi connectivity index (χ1v) is 6.50. The van der Waals surface area contributed by atoms with Crippen LogP contribution in [0.1, 0.15) is 32.6 Å². The highest BCUT2D eigenvalue weighted by Gasteiger charge is 2.90. The summed E-state index contributed by atoms with van der Waals surface area (Å²) in [5, 5.41) is 10.1. The minimum atomic E-state index is -3.41. The second-order valence-electron chi connectivity index (χ2n) is 7.00. The molecule has 0 radical (unpaired) electrons. The number of ether oxygens (including phenoxy) is 1. The lowest BCUT2D eigenvalue weighted by atomic mass is 9.45. The molecular weight excluding hydrogens is 242 g/mol. The molecule has 5 heteroatoms. The fourth-order valence-electron chi connectivity index (χ4n) is 5.45.